The van der Waals surface area contributed by atoms with Crippen LogP contribution in [0, 0.1) is 0 Å². The molecule has 4 nitrogen and oxygen atoms in total. The first kappa shape index (κ1) is 12.4. The molecule has 0 bridgehead atoms. The minimum atomic E-state index is -3.68. The zero-order valence-electron chi connectivity index (χ0n) is 8.39. The maximum atomic E-state index is 11.5. The highest BCUT2D eigenvalue weighted by Crippen LogP contribution is 2.20. The molecule has 0 aliphatic rings. The number of ketones is 1. The number of hydrogen-bond donors (Lipinski definition) is 1. The van der Waals surface area contributed by atoms with Crippen molar-refractivity contribution in [2.24, 2.45) is 5.14 Å². The molecule has 0 aliphatic carbocycles. The van der Waals surface area contributed by atoms with E-state index in [4.69, 9.17) is 5.14 Å². The van der Waals surface area contributed by atoms with Gasteiger partial charge in [-0.2, -0.15) is 0 Å². The number of sulfonamides is 1. The van der Waals surface area contributed by atoms with Crippen LogP contribution in [0.5, 0.6) is 0 Å². The summed E-state index contributed by atoms with van der Waals surface area (Å²) in [4.78, 5) is 12.0. The van der Waals surface area contributed by atoms with Crippen LogP contribution < -0.4 is 5.14 Å². The molecule has 0 saturated heterocycles. The molecule has 6 heteroatoms. The first-order chi connectivity index (χ1) is 6.95. The molecule has 84 valence electrons. The van der Waals surface area contributed by atoms with Crippen LogP contribution in [0.3, 0.4) is 0 Å². The number of carbonyl (C=O) groups excluding carboxylic acids is 1. The topological polar surface area (TPSA) is 77.2 Å². The van der Waals surface area contributed by atoms with E-state index in [9.17, 15) is 13.2 Å². The molecule has 15 heavy (non-hydrogen) atoms. The molecule has 2 N–H and O–H groups in total. The normalized spacial score (nSPS) is 11.6. The lowest BCUT2D eigenvalue weighted by atomic mass is 10.2. The van der Waals surface area contributed by atoms with Crippen molar-refractivity contribution >= 4 is 27.1 Å². The average molecular weight is 247 g/mol. The molecule has 1 rings (SSSR count). The third-order valence-corrected chi connectivity index (χ3v) is 3.95. The summed E-state index contributed by atoms with van der Waals surface area (Å²) in [6, 6.07) is 1.35. The van der Waals surface area contributed by atoms with Crippen LogP contribution >= 0.6 is 11.3 Å². The number of hydrogen-bond acceptors (Lipinski definition) is 4. The van der Waals surface area contributed by atoms with E-state index in [0.717, 1.165) is 24.2 Å². The first-order valence-electron chi connectivity index (χ1n) is 4.59. The number of Topliss-reactive ketones (excluding diaryl/α,β-unsaturated/α-hetero) is 1. The van der Waals surface area contributed by atoms with Crippen molar-refractivity contribution in [2.45, 2.75) is 31.1 Å². The highest BCUT2D eigenvalue weighted by Gasteiger charge is 2.14. The number of thiophene rings is 1. The smallest absolute Gasteiger partial charge is 0.238 e. The van der Waals surface area contributed by atoms with Crippen molar-refractivity contribution in [3.63, 3.8) is 0 Å². The summed E-state index contributed by atoms with van der Waals surface area (Å²) in [5, 5.41) is 6.34. The molecule has 0 fully saturated rings. The van der Waals surface area contributed by atoms with Gasteiger partial charge in [0.25, 0.3) is 0 Å². The van der Waals surface area contributed by atoms with Gasteiger partial charge in [-0.3, -0.25) is 4.79 Å². The van der Waals surface area contributed by atoms with Gasteiger partial charge in [0, 0.05) is 11.8 Å². The van der Waals surface area contributed by atoms with E-state index in [2.05, 4.69) is 0 Å². The fourth-order valence-corrected chi connectivity index (χ4v) is 2.85. The number of unbranched alkanes of at least 4 members (excludes halogenated alkanes) is 1. The van der Waals surface area contributed by atoms with Gasteiger partial charge >= 0.3 is 0 Å². The van der Waals surface area contributed by atoms with Crippen molar-refractivity contribution in [3.8, 4) is 0 Å². The van der Waals surface area contributed by atoms with Gasteiger partial charge in [-0.15, -0.1) is 11.3 Å². The van der Waals surface area contributed by atoms with E-state index in [0.29, 0.717) is 11.3 Å². The molecule has 1 heterocycles. The van der Waals surface area contributed by atoms with Crippen LogP contribution in [0.1, 0.15) is 35.9 Å². The van der Waals surface area contributed by atoms with Crippen molar-refractivity contribution in [3.05, 3.63) is 16.3 Å². The second kappa shape index (κ2) is 4.87. The van der Waals surface area contributed by atoms with Crippen molar-refractivity contribution < 1.29 is 13.2 Å². The van der Waals surface area contributed by atoms with Gasteiger partial charge in [0.2, 0.25) is 10.0 Å². The van der Waals surface area contributed by atoms with Crippen molar-refractivity contribution in [1.29, 1.82) is 0 Å². The van der Waals surface area contributed by atoms with E-state index in [1.165, 1.54) is 11.4 Å². The lowest BCUT2D eigenvalue weighted by Crippen LogP contribution is -2.10. The van der Waals surface area contributed by atoms with Crippen molar-refractivity contribution in [2.75, 3.05) is 0 Å². The van der Waals surface area contributed by atoms with E-state index in [1.807, 2.05) is 6.92 Å². The van der Waals surface area contributed by atoms with Gasteiger partial charge in [-0.25, -0.2) is 13.6 Å². The fourth-order valence-electron chi connectivity index (χ4n) is 1.07. The number of carbonyl (C=O) groups is 1. The first-order valence-corrected chi connectivity index (χ1v) is 7.02. The molecule has 0 amide bonds. The highest BCUT2D eigenvalue weighted by molar-refractivity contribution is 7.89. The Kier molecular flexibility index (Phi) is 4.01. The van der Waals surface area contributed by atoms with Gasteiger partial charge in [0.15, 0.2) is 5.78 Å². The summed E-state index contributed by atoms with van der Waals surface area (Å²) in [6.07, 6.45) is 2.22. The Bertz CT molecular complexity index is 448. The number of nitrogens with two attached hydrogens (primary N) is 1. The maximum Gasteiger partial charge on any atom is 0.238 e. The Morgan fingerprint density at radius 2 is 2.20 bits per heavy atom. The SMILES string of the molecule is CCCCC(=O)c1cc(S(N)(=O)=O)cs1. The Balaban J connectivity index is 2.81. The molecular formula is C9H13NO3S2. The molecule has 1 aromatic rings. The lowest BCUT2D eigenvalue weighted by Gasteiger charge is -1.94. The monoisotopic (exact) mass is 247 g/mol. The van der Waals surface area contributed by atoms with Crippen LogP contribution in [0.25, 0.3) is 0 Å². The summed E-state index contributed by atoms with van der Waals surface area (Å²) in [5.74, 6) is -0.0169. The van der Waals surface area contributed by atoms with E-state index in [-0.39, 0.29) is 10.7 Å². The van der Waals surface area contributed by atoms with E-state index < -0.39 is 10.0 Å². The van der Waals surface area contributed by atoms with Crippen LogP contribution in [-0.4, -0.2) is 14.2 Å². The molecule has 0 radical (unpaired) electrons. The second-order valence-electron chi connectivity index (χ2n) is 3.22. The summed E-state index contributed by atoms with van der Waals surface area (Å²) in [7, 11) is -3.68. The third-order valence-electron chi connectivity index (χ3n) is 1.94. The predicted octanol–water partition coefficient (Wildman–Crippen LogP) is 1.77. The third kappa shape index (κ3) is 3.40. The Morgan fingerprint density at radius 1 is 1.53 bits per heavy atom. The molecule has 0 saturated carbocycles. The summed E-state index contributed by atoms with van der Waals surface area (Å²) < 4.78 is 21.9. The Labute approximate surface area is 93.2 Å². The summed E-state index contributed by atoms with van der Waals surface area (Å²) in [5.41, 5.74) is 0. The molecular weight excluding hydrogens is 234 g/mol. The number of primary sulfonamides is 1. The van der Waals surface area contributed by atoms with Crippen LogP contribution in [-0.2, 0) is 10.0 Å². The lowest BCUT2D eigenvalue weighted by molar-refractivity contribution is 0.0983. The van der Waals surface area contributed by atoms with Crippen molar-refractivity contribution in [1.82, 2.24) is 0 Å². The van der Waals surface area contributed by atoms with Gasteiger partial charge in [-0.05, 0) is 12.5 Å². The second-order valence-corrected chi connectivity index (χ2v) is 5.69. The van der Waals surface area contributed by atoms with E-state index >= 15 is 0 Å². The minimum absolute atomic E-state index is 0.0169. The van der Waals surface area contributed by atoms with Crippen LogP contribution in [0.2, 0.25) is 0 Å². The Morgan fingerprint density at radius 3 is 2.67 bits per heavy atom. The molecule has 0 aromatic carbocycles. The molecule has 0 aliphatic heterocycles. The average Bonchev–Trinajstić information content (AvgIpc) is 2.62. The van der Waals surface area contributed by atoms with Crippen LogP contribution in [0.4, 0.5) is 0 Å². The van der Waals surface area contributed by atoms with E-state index in [1.54, 1.807) is 0 Å². The zero-order valence-corrected chi connectivity index (χ0v) is 10.0. The van der Waals surface area contributed by atoms with Gasteiger partial charge < -0.3 is 0 Å². The standard InChI is InChI=1S/C9H13NO3S2/c1-2-3-4-8(11)9-5-7(6-14-9)15(10,12)13/h5-6H,2-4H2,1H3,(H2,10,12,13). The zero-order chi connectivity index (χ0) is 11.5. The fraction of sp³-hybridized carbons (Fsp3) is 0.444. The van der Waals surface area contributed by atoms with Gasteiger partial charge in [0.05, 0.1) is 9.77 Å². The quantitative estimate of drug-likeness (QED) is 0.805. The summed E-state index contributed by atoms with van der Waals surface area (Å²) in [6.45, 7) is 2.00. The van der Waals surface area contributed by atoms with Gasteiger partial charge in [0.1, 0.15) is 0 Å². The largest absolute Gasteiger partial charge is 0.293 e. The predicted molar refractivity (Wildman–Crippen MR) is 59.5 cm³/mol. The van der Waals surface area contributed by atoms with Gasteiger partial charge in [-0.1, -0.05) is 13.3 Å². The molecule has 1 aromatic heterocycles. The number of rotatable bonds is 5. The summed E-state index contributed by atoms with van der Waals surface area (Å²) >= 11 is 1.13. The Hall–Kier alpha value is -0.720. The molecule has 0 unspecified atom stereocenters. The minimum Gasteiger partial charge on any atom is -0.293 e. The maximum absolute atomic E-state index is 11.5. The van der Waals surface area contributed by atoms with Crippen LogP contribution in [0.15, 0.2) is 16.3 Å². The highest BCUT2D eigenvalue weighted by atomic mass is 32.2. The molecule has 0 atom stereocenters. The molecule has 0 spiro atoms.